The first-order chi connectivity index (χ1) is 6.57. The summed E-state index contributed by atoms with van der Waals surface area (Å²) in [5.74, 6) is -1.85. The quantitative estimate of drug-likeness (QED) is 0.452. The molecule has 0 fully saturated rings. The second kappa shape index (κ2) is 7.28. The lowest BCUT2D eigenvalue weighted by Gasteiger charge is -2.08. The van der Waals surface area contributed by atoms with Crippen molar-refractivity contribution in [3.8, 4) is 0 Å². The van der Waals surface area contributed by atoms with Crippen molar-refractivity contribution in [2.45, 2.75) is 6.92 Å². The van der Waals surface area contributed by atoms with Crippen molar-refractivity contribution >= 4 is 11.9 Å². The number of carbonyl (C=O) groups is 2. The Balaban J connectivity index is 3.48. The first kappa shape index (κ1) is 12.9. The highest BCUT2D eigenvalue weighted by Gasteiger charge is 2.11. The number of rotatable bonds is 7. The van der Waals surface area contributed by atoms with Gasteiger partial charge in [-0.2, -0.15) is 0 Å². The van der Waals surface area contributed by atoms with E-state index >= 15 is 0 Å². The zero-order valence-corrected chi connectivity index (χ0v) is 8.16. The molecule has 1 amide bonds. The Bertz CT molecular complexity index is 196. The van der Waals surface area contributed by atoms with E-state index in [9.17, 15) is 9.59 Å². The van der Waals surface area contributed by atoms with Gasteiger partial charge in [-0.05, 0) is 0 Å². The summed E-state index contributed by atoms with van der Waals surface area (Å²) in [6, 6.07) is 0. The van der Waals surface area contributed by atoms with Gasteiger partial charge in [-0.1, -0.05) is 6.92 Å². The van der Waals surface area contributed by atoms with E-state index < -0.39 is 11.9 Å². The zero-order valence-electron chi connectivity index (χ0n) is 8.16. The number of carboxylic acid groups (broad SMARTS) is 1. The second-order valence-electron chi connectivity index (χ2n) is 2.88. The van der Waals surface area contributed by atoms with E-state index in [0.29, 0.717) is 13.2 Å². The summed E-state index contributed by atoms with van der Waals surface area (Å²) in [5.41, 5.74) is 5.14. The molecule has 0 rings (SSSR count). The van der Waals surface area contributed by atoms with Crippen molar-refractivity contribution in [2.24, 2.45) is 11.7 Å². The van der Waals surface area contributed by atoms with Crippen molar-refractivity contribution in [1.29, 1.82) is 0 Å². The topological polar surface area (TPSA) is 102 Å². The van der Waals surface area contributed by atoms with E-state index in [1.807, 2.05) is 0 Å². The number of carbonyl (C=O) groups excluding carboxylic acids is 1. The van der Waals surface area contributed by atoms with Crippen LogP contribution >= 0.6 is 0 Å². The molecule has 0 radical (unpaired) electrons. The molecule has 0 heterocycles. The molecule has 0 aliphatic rings. The third-order valence-electron chi connectivity index (χ3n) is 1.52. The SMILES string of the molecule is CC(CNC(=O)COCCN)C(=O)O. The minimum atomic E-state index is -0.937. The van der Waals surface area contributed by atoms with Crippen LogP contribution in [0.1, 0.15) is 6.92 Å². The summed E-state index contributed by atoms with van der Waals surface area (Å²) >= 11 is 0. The Morgan fingerprint density at radius 2 is 2.21 bits per heavy atom. The average Bonchev–Trinajstić information content (AvgIpc) is 2.14. The van der Waals surface area contributed by atoms with Crippen LogP contribution in [0.2, 0.25) is 0 Å². The summed E-state index contributed by atoms with van der Waals surface area (Å²) in [7, 11) is 0. The molecular weight excluding hydrogens is 188 g/mol. The summed E-state index contributed by atoms with van der Waals surface area (Å²) in [4.78, 5) is 21.3. The molecule has 0 spiro atoms. The van der Waals surface area contributed by atoms with Crippen LogP contribution in [-0.4, -0.2) is 43.3 Å². The molecule has 6 nitrogen and oxygen atoms in total. The largest absolute Gasteiger partial charge is 0.481 e. The lowest BCUT2D eigenvalue weighted by atomic mass is 10.2. The molecule has 0 aromatic rings. The monoisotopic (exact) mass is 204 g/mol. The highest BCUT2D eigenvalue weighted by molar-refractivity contribution is 5.78. The van der Waals surface area contributed by atoms with Crippen molar-refractivity contribution in [3.63, 3.8) is 0 Å². The minimum Gasteiger partial charge on any atom is -0.481 e. The molecule has 0 aromatic heterocycles. The molecule has 0 aliphatic carbocycles. The Morgan fingerprint density at radius 3 is 2.71 bits per heavy atom. The fourth-order valence-corrected chi connectivity index (χ4v) is 0.653. The van der Waals surface area contributed by atoms with Gasteiger partial charge in [-0.3, -0.25) is 9.59 Å². The van der Waals surface area contributed by atoms with Crippen molar-refractivity contribution < 1.29 is 19.4 Å². The summed E-state index contributed by atoms with van der Waals surface area (Å²) in [6.07, 6.45) is 0. The third-order valence-corrected chi connectivity index (χ3v) is 1.52. The smallest absolute Gasteiger partial charge is 0.308 e. The van der Waals surface area contributed by atoms with Gasteiger partial charge in [0.2, 0.25) is 5.91 Å². The number of carboxylic acids is 1. The molecule has 0 aliphatic heterocycles. The molecule has 14 heavy (non-hydrogen) atoms. The average molecular weight is 204 g/mol. The van der Waals surface area contributed by atoms with Gasteiger partial charge in [-0.25, -0.2) is 0 Å². The Hall–Kier alpha value is -1.14. The maximum absolute atomic E-state index is 11.0. The van der Waals surface area contributed by atoms with Crippen molar-refractivity contribution in [1.82, 2.24) is 5.32 Å². The third kappa shape index (κ3) is 6.38. The summed E-state index contributed by atoms with van der Waals surface area (Å²) < 4.78 is 4.85. The predicted octanol–water partition coefficient (Wildman–Crippen LogP) is -1.20. The number of ether oxygens (including phenoxy) is 1. The van der Waals surface area contributed by atoms with E-state index in [-0.39, 0.29) is 19.1 Å². The van der Waals surface area contributed by atoms with Gasteiger partial charge in [0, 0.05) is 13.1 Å². The second-order valence-corrected chi connectivity index (χ2v) is 2.88. The zero-order chi connectivity index (χ0) is 11.0. The molecule has 82 valence electrons. The molecule has 0 aromatic carbocycles. The molecule has 0 saturated carbocycles. The van der Waals surface area contributed by atoms with Crippen LogP contribution in [0.25, 0.3) is 0 Å². The highest BCUT2D eigenvalue weighted by Crippen LogP contribution is 1.90. The molecule has 0 bridgehead atoms. The number of amides is 1. The van der Waals surface area contributed by atoms with Crippen LogP contribution in [0.3, 0.4) is 0 Å². The minimum absolute atomic E-state index is 0.0798. The standard InChI is InChI=1S/C8H16N2O4/c1-6(8(12)13)4-10-7(11)5-14-3-2-9/h6H,2-5,9H2,1H3,(H,10,11)(H,12,13). The molecule has 0 saturated heterocycles. The maximum atomic E-state index is 11.0. The van der Waals surface area contributed by atoms with Gasteiger partial charge in [0.05, 0.1) is 12.5 Å². The van der Waals surface area contributed by atoms with Gasteiger partial charge in [0.25, 0.3) is 0 Å². The van der Waals surface area contributed by atoms with E-state index in [4.69, 9.17) is 15.6 Å². The summed E-state index contributed by atoms with van der Waals surface area (Å²) in [6.45, 7) is 2.23. The number of hydrogen-bond acceptors (Lipinski definition) is 4. The number of aliphatic carboxylic acids is 1. The van der Waals surface area contributed by atoms with Crippen molar-refractivity contribution in [3.05, 3.63) is 0 Å². The Labute approximate surface area is 82.4 Å². The fourth-order valence-electron chi connectivity index (χ4n) is 0.653. The van der Waals surface area contributed by atoms with E-state index in [0.717, 1.165) is 0 Å². The summed E-state index contributed by atoms with van der Waals surface area (Å²) in [5, 5.41) is 10.9. The van der Waals surface area contributed by atoms with E-state index in [1.165, 1.54) is 6.92 Å². The fraction of sp³-hybridized carbons (Fsp3) is 0.750. The van der Waals surface area contributed by atoms with Gasteiger partial charge in [0.1, 0.15) is 6.61 Å². The van der Waals surface area contributed by atoms with Crippen LogP contribution in [0.5, 0.6) is 0 Å². The normalized spacial score (nSPS) is 12.1. The van der Waals surface area contributed by atoms with Gasteiger partial charge in [-0.15, -0.1) is 0 Å². The van der Waals surface area contributed by atoms with Crippen molar-refractivity contribution in [2.75, 3.05) is 26.3 Å². The maximum Gasteiger partial charge on any atom is 0.308 e. The van der Waals surface area contributed by atoms with Crippen LogP contribution in [0.15, 0.2) is 0 Å². The molecular formula is C8H16N2O4. The molecule has 6 heteroatoms. The molecule has 4 N–H and O–H groups in total. The van der Waals surface area contributed by atoms with E-state index in [2.05, 4.69) is 5.32 Å². The number of nitrogens with one attached hydrogen (secondary N) is 1. The van der Waals surface area contributed by atoms with Crippen LogP contribution < -0.4 is 11.1 Å². The first-order valence-corrected chi connectivity index (χ1v) is 4.35. The van der Waals surface area contributed by atoms with Gasteiger partial charge < -0.3 is 20.9 Å². The number of nitrogens with two attached hydrogens (primary N) is 1. The van der Waals surface area contributed by atoms with Gasteiger partial charge >= 0.3 is 5.97 Å². The predicted molar refractivity (Wildman–Crippen MR) is 49.7 cm³/mol. The van der Waals surface area contributed by atoms with E-state index in [1.54, 1.807) is 0 Å². The Kier molecular flexibility index (Phi) is 6.69. The van der Waals surface area contributed by atoms with Crippen LogP contribution in [-0.2, 0) is 14.3 Å². The lowest BCUT2D eigenvalue weighted by Crippen LogP contribution is -2.34. The Morgan fingerprint density at radius 1 is 1.57 bits per heavy atom. The van der Waals surface area contributed by atoms with Crippen LogP contribution in [0, 0.1) is 5.92 Å². The number of hydrogen-bond donors (Lipinski definition) is 3. The van der Waals surface area contributed by atoms with Crippen LogP contribution in [0.4, 0.5) is 0 Å². The first-order valence-electron chi connectivity index (χ1n) is 4.35. The molecule has 1 unspecified atom stereocenters. The highest BCUT2D eigenvalue weighted by atomic mass is 16.5. The molecule has 1 atom stereocenters. The van der Waals surface area contributed by atoms with Gasteiger partial charge in [0.15, 0.2) is 0 Å². The lowest BCUT2D eigenvalue weighted by molar-refractivity contribution is -0.141.